The molecule has 0 bridgehead atoms. The number of nitrogens with zero attached hydrogens (tertiary/aromatic N) is 2. The van der Waals surface area contributed by atoms with Crippen LogP contribution in [0.2, 0.25) is 0 Å². The van der Waals surface area contributed by atoms with Crippen molar-refractivity contribution in [1.82, 2.24) is 14.9 Å². The zero-order chi connectivity index (χ0) is 13.0. The summed E-state index contributed by atoms with van der Waals surface area (Å²) in [6.07, 6.45) is 0.935. The van der Waals surface area contributed by atoms with E-state index < -0.39 is 23.0 Å². The lowest BCUT2D eigenvalue weighted by molar-refractivity contribution is 0.0685. The summed E-state index contributed by atoms with van der Waals surface area (Å²) in [6, 6.07) is 0. The maximum Gasteiger partial charge on any atom is 0.358 e. The minimum absolute atomic E-state index is 0.223. The van der Waals surface area contributed by atoms with Crippen LogP contribution in [-0.4, -0.2) is 44.6 Å². The summed E-state index contributed by atoms with van der Waals surface area (Å²) < 4.78 is 0. The molecule has 1 aromatic rings. The third-order valence-corrected chi connectivity index (χ3v) is 2.17. The molecular weight excluding hydrogens is 226 g/mol. The first kappa shape index (κ1) is 13.2. The molecule has 0 saturated carbocycles. The van der Waals surface area contributed by atoms with Gasteiger partial charge in [0.2, 0.25) is 5.75 Å². The van der Waals surface area contributed by atoms with Crippen LogP contribution in [0.3, 0.4) is 0 Å². The lowest BCUT2D eigenvalue weighted by Gasteiger charge is -2.14. The fourth-order valence-electron chi connectivity index (χ4n) is 1.45. The average Bonchev–Trinajstić information content (AvgIpc) is 2.23. The van der Waals surface area contributed by atoms with E-state index in [9.17, 15) is 14.7 Å². The van der Waals surface area contributed by atoms with Crippen LogP contribution < -0.4 is 5.56 Å². The molecule has 94 valence electrons. The standard InChI is InChI=1S/C10H15N3O4/c1-3-4-13(2)5-6-11-7(10(16)17)8(14)9(15)12-6/h14H,3-5H2,1-2H3,(H,16,17)(H,11,12,15). The summed E-state index contributed by atoms with van der Waals surface area (Å²) in [5.41, 5.74) is -1.45. The van der Waals surface area contributed by atoms with Crippen molar-refractivity contribution >= 4 is 5.97 Å². The first-order chi connectivity index (χ1) is 7.95. The number of aromatic amines is 1. The van der Waals surface area contributed by atoms with E-state index >= 15 is 0 Å². The molecule has 0 amide bonds. The van der Waals surface area contributed by atoms with Crippen molar-refractivity contribution < 1.29 is 15.0 Å². The van der Waals surface area contributed by atoms with E-state index in [1.807, 2.05) is 18.9 Å². The third kappa shape index (κ3) is 3.28. The molecular formula is C10H15N3O4. The molecule has 1 aromatic heterocycles. The number of aromatic carboxylic acids is 1. The van der Waals surface area contributed by atoms with E-state index in [4.69, 9.17) is 5.11 Å². The maximum absolute atomic E-state index is 11.3. The van der Waals surface area contributed by atoms with Crippen molar-refractivity contribution in [3.8, 4) is 5.75 Å². The Kier molecular flexibility index (Phi) is 4.22. The summed E-state index contributed by atoms with van der Waals surface area (Å²) in [6.45, 7) is 3.13. The quantitative estimate of drug-likeness (QED) is 0.670. The Labute approximate surface area is 97.7 Å². The molecule has 0 spiro atoms. The second-order valence-corrected chi connectivity index (χ2v) is 3.75. The van der Waals surface area contributed by atoms with E-state index in [1.54, 1.807) is 0 Å². The van der Waals surface area contributed by atoms with Gasteiger partial charge in [-0.25, -0.2) is 9.78 Å². The van der Waals surface area contributed by atoms with Gasteiger partial charge in [-0.1, -0.05) is 6.92 Å². The van der Waals surface area contributed by atoms with Gasteiger partial charge in [-0.3, -0.25) is 9.69 Å². The van der Waals surface area contributed by atoms with Gasteiger partial charge in [0, 0.05) is 0 Å². The maximum atomic E-state index is 11.3. The smallest absolute Gasteiger partial charge is 0.358 e. The highest BCUT2D eigenvalue weighted by Gasteiger charge is 2.17. The zero-order valence-electron chi connectivity index (χ0n) is 9.73. The van der Waals surface area contributed by atoms with Crippen molar-refractivity contribution in [3.05, 3.63) is 21.9 Å². The zero-order valence-corrected chi connectivity index (χ0v) is 9.73. The third-order valence-electron chi connectivity index (χ3n) is 2.17. The summed E-state index contributed by atoms with van der Waals surface area (Å²) >= 11 is 0. The van der Waals surface area contributed by atoms with Crippen LogP contribution >= 0.6 is 0 Å². The van der Waals surface area contributed by atoms with Crippen molar-refractivity contribution in [2.45, 2.75) is 19.9 Å². The first-order valence-electron chi connectivity index (χ1n) is 5.19. The molecule has 3 N–H and O–H groups in total. The van der Waals surface area contributed by atoms with Gasteiger partial charge < -0.3 is 15.2 Å². The molecule has 0 fully saturated rings. The van der Waals surface area contributed by atoms with Gasteiger partial charge in [-0.2, -0.15) is 0 Å². The van der Waals surface area contributed by atoms with Crippen LogP contribution in [0.5, 0.6) is 5.75 Å². The Bertz CT molecular complexity index is 469. The van der Waals surface area contributed by atoms with Crippen molar-refractivity contribution in [2.75, 3.05) is 13.6 Å². The molecule has 0 aromatic carbocycles. The molecule has 0 aliphatic carbocycles. The Morgan fingerprint density at radius 1 is 1.53 bits per heavy atom. The monoisotopic (exact) mass is 241 g/mol. The fraction of sp³-hybridized carbons (Fsp3) is 0.500. The normalized spacial score (nSPS) is 10.8. The van der Waals surface area contributed by atoms with Gasteiger partial charge in [-0.15, -0.1) is 0 Å². The molecule has 0 aliphatic rings. The van der Waals surface area contributed by atoms with E-state index in [-0.39, 0.29) is 5.82 Å². The number of aromatic hydroxyl groups is 1. The minimum atomic E-state index is -1.42. The highest BCUT2D eigenvalue weighted by Crippen LogP contribution is 2.08. The minimum Gasteiger partial charge on any atom is -0.501 e. The van der Waals surface area contributed by atoms with Crippen LogP contribution in [0, 0.1) is 0 Å². The molecule has 0 atom stereocenters. The van der Waals surface area contributed by atoms with Crippen molar-refractivity contribution in [1.29, 1.82) is 0 Å². The average molecular weight is 241 g/mol. The number of H-pyrrole nitrogens is 1. The van der Waals surface area contributed by atoms with E-state index in [2.05, 4.69) is 9.97 Å². The fourth-order valence-corrected chi connectivity index (χ4v) is 1.45. The van der Waals surface area contributed by atoms with Crippen molar-refractivity contribution in [2.24, 2.45) is 0 Å². The lowest BCUT2D eigenvalue weighted by Crippen LogP contribution is -2.24. The van der Waals surface area contributed by atoms with Crippen LogP contribution in [0.1, 0.15) is 29.7 Å². The number of hydrogen-bond acceptors (Lipinski definition) is 5. The van der Waals surface area contributed by atoms with Gasteiger partial charge in [0.05, 0.1) is 6.54 Å². The number of carboxylic acids is 1. The highest BCUT2D eigenvalue weighted by atomic mass is 16.4. The number of hydrogen-bond donors (Lipinski definition) is 3. The summed E-state index contributed by atoms with van der Waals surface area (Å²) in [5, 5.41) is 18.0. The van der Waals surface area contributed by atoms with Crippen LogP contribution in [-0.2, 0) is 6.54 Å². The number of carboxylic acid groups (broad SMARTS) is 1. The molecule has 1 rings (SSSR count). The summed E-state index contributed by atoms with van der Waals surface area (Å²) in [7, 11) is 1.83. The molecule has 7 heteroatoms. The predicted molar refractivity (Wildman–Crippen MR) is 60.1 cm³/mol. The molecule has 17 heavy (non-hydrogen) atoms. The Morgan fingerprint density at radius 3 is 2.71 bits per heavy atom. The highest BCUT2D eigenvalue weighted by molar-refractivity contribution is 5.88. The topological polar surface area (TPSA) is 107 Å². The SMILES string of the molecule is CCCN(C)Cc1nc(C(=O)O)c(O)c(=O)[nH]1. The van der Waals surface area contributed by atoms with Crippen LogP contribution in [0.4, 0.5) is 0 Å². The molecule has 0 aliphatic heterocycles. The molecule has 1 heterocycles. The summed E-state index contributed by atoms with van der Waals surface area (Å²) in [4.78, 5) is 30.0. The first-order valence-corrected chi connectivity index (χ1v) is 5.19. The number of nitrogens with one attached hydrogen (secondary N) is 1. The van der Waals surface area contributed by atoms with Gasteiger partial charge in [0.25, 0.3) is 5.56 Å². The van der Waals surface area contributed by atoms with Gasteiger partial charge in [0.1, 0.15) is 5.82 Å². The lowest BCUT2D eigenvalue weighted by atomic mass is 10.3. The van der Waals surface area contributed by atoms with Gasteiger partial charge >= 0.3 is 5.97 Å². The van der Waals surface area contributed by atoms with E-state index in [0.717, 1.165) is 13.0 Å². The molecule has 0 radical (unpaired) electrons. The second kappa shape index (κ2) is 5.44. The number of carbonyl (C=O) groups is 1. The van der Waals surface area contributed by atoms with Crippen LogP contribution in [0.25, 0.3) is 0 Å². The number of aromatic nitrogens is 2. The van der Waals surface area contributed by atoms with E-state index in [0.29, 0.717) is 6.54 Å². The Hall–Kier alpha value is -1.89. The molecule has 0 unspecified atom stereocenters. The molecule has 0 saturated heterocycles. The molecule has 7 nitrogen and oxygen atoms in total. The van der Waals surface area contributed by atoms with Gasteiger partial charge in [-0.05, 0) is 20.0 Å². The summed E-state index contributed by atoms with van der Waals surface area (Å²) in [5.74, 6) is -2.06. The van der Waals surface area contributed by atoms with Crippen molar-refractivity contribution in [3.63, 3.8) is 0 Å². The largest absolute Gasteiger partial charge is 0.501 e. The Morgan fingerprint density at radius 2 is 2.18 bits per heavy atom. The van der Waals surface area contributed by atoms with Gasteiger partial charge in [0.15, 0.2) is 5.69 Å². The number of rotatable bonds is 5. The van der Waals surface area contributed by atoms with E-state index in [1.165, 1.54) is 0 Å². The predicted octanol–water partition coefficient (Wildman–Crippen LogP) is 0.0155. The Balaban J connectivity index is 3.03. The van der Waals surface area contributed by atoms with Crippen LogP contribution in [0.15, 0.2) is 4.79 Å². The second-order valence-electron chi connectivity index (χ2n) is 3.75.